The van der Waals surface area contributed by atoms with Crippen LogP contribution in [0.25, 0.3) is 0 Å². The zero-order chi connectivity index (χ0) is 12.3. The second-order valence-electron chi connectivity index (χ2n) is 5.97. The average Bonchev–Trinajstić information content (AvgIpc) is 2.30. The smallest absolute Gasteiger partial charge is 0.0775 e. The minimum atomic E-state index is -1.13. The van der Waals surface area contributed by atoms with Gasteiger partial charge < -0.3 is 5.32 Å². The average molecular weight is 248 g/mol. The van der Waals surface area contributed by atoms with Crippen molar-refractivity contribution in [1.29, 1.82) is 0 Å². The van der Waals surface area contributed by atoms with Crippen LogP contribution in [0, 0.1) is 0 Å². The van der Waals surface area contributed by atoms with Crippen LogP contribution in [0.4, 0.5) is 0 Å². The normalized spacial score (nSPS) is 18.3. The van der Waals surface area contributed by atoms with Gasteiger partial charge in [0.15, 0.2) is 0 Å². The van der Waals surface area contributed by atoms with E-state index in [4.69, 9.17) is 0 Å². The van der Waals surface area contributed by atoms with E-state index in [0.29, 0.717) is 0 Å². The second-order valence-corrected chi connectivity index (χ2v) is 11.1. The lowest BCUT2D eigenvalue weighted by molar-refractivity contribution is 0.233. The Bertz CT molecular complexity index is 347. The van der Waals surface area contributed by atoms with Gasteiger partial charge >= 0.3 is 0 Å². The number of benzene rings is 1. The van der Waals surface area contributed by atoms with Crippen LogP contribution in [0.5, 0.6) is 0 Å². The molecule has 3 heteroatoms. The second kappa shape index (κ2) is 5.34. The maximum absolute atomic E-state index is 3.39. The van der Waals surface area contributed by atoms with Gasteiger partial charge in [0.25, 0.3) is 0 Å². The molecule has 17 heavy (non-hydrogen) atoms. The highest BCUT2D eigenvalue weighted by molar-refractivity contribution is 6.88. The number of nitrogens with zero attached hydrogens (tertiary/aromatic N) is 1. The summed E-state index contributed by atoms with van der Waals surface area (Å²) in [5.74, 6) is 0. The summed E-state index contributed by atoms with van der Waals surface area (Å²) in [6.07, 6.45) is 0. The van der Waals surface area contributed by atoms with E-state index in [0.717, 1.165) is 19.6 Å². The Morgan fingerprint density at radius 1 is 1.06 bits per heavy atom. The molecular weight excluding hydrogens is 224 g/mol. The number of nitrogens with one attached hydrogen (secondary N) is 1. The van der Waals surface area contributed by atoms with E-state index in [9.17, 15) is 0 Å². The molecule has 2 nitrogen and oxygen atoms in total. The lowest BCUT2D eigenvalue weighted by atomic mass is 10.2. The van der Waals surface area contributed by atoms with Crippen molar-refractivity contribution in [2.24, 2.45) is 0 Å². The standard InChI is InChI=1S/C14H24N2Si/c1-17(2,3)14-6-4-13(5-7-14)12-16-10-8-15-9-11-16/h4-7,15H,8-12H2,1-3H3. The van der Waals surface area contributed by atoms with Gasteiger partial charge in [-0.2, -0.15) is 0 Å². The first-order valence-electron chi connectivity index (χ1n) is 6.58. The number of hydrogen-bond acceptors (Lipinski definition) is 2. The summed E-state index contributed by atoms with van der Waals surface area (Å²) < 4.78 is 0. The maximum Gasteiger partial charge on any atom is 0.0775 e. The van der Waals surface area contributed by atoms with Gasteiger partial charge in [-0.3, -0.25) is 4.90 Å². The highest BCUT2D eigenvalue weighted by atomic mass is 28.3. The lowest BCUT2D eigenvalue weighted by Crippen LogP contribution is -2.43. The van der Waals surface area contributed by atoms with Crippen LogP contribution in [0.15, 0.2) is 24.3 Å². The van der Waals surface area contributed by atoms with Crippen LogP contribution < -0.4 is 10.5 Å². The van der Waals surface area contributed by atoms with Crippen molar-refractivity contribution < 1.29 is 0 Å². The third-order valence-electron chi connectivity index (χ3n) is 3.44. The Morgan fingerprint density at radius 3 is 2.18 bits per heavy atom. The summed E-state index contributed by atoms with van der Waals surface area (Å²) >= 11 is 0. The van der Waals surface area contributed by atoms with Gasteiger partial charge in [-0.25, -0.2) is 0 Å². The third kappa shape index (κ3) is 3.66. The molecule has 94 valence electrons. The molecule has 2 rings (SSSR count). The van der Waals surface area contributed by atoms with Crippen LogP contribution in [0.1, 0.15) is 5.56 Å². The van der Waals surface area contributed by atoms with Crippen molar-refractivity contribution in [3.05, 3.63) is 29.8 Å². The molecule has 1 saturated heterocycles. The molecule has 0 spiro atoms. The van der Waals surface area contributed by atoms with Crippen molar-refractivity contribution in [1.82, 2.24) is 10.2 Å². The van der Waals surface area contributed by atoms with Crippen molar-refractivity contribution in [3.63, 3.8) is 0 Å². The van der Waals surface area contributed by atoms with Crippen molar-refractivity contribution in [2.75, 3.05) is 26.2 Å². The minimum absolute atomic E-state index is 1.10. The predicted octanol–water partition coefficient (Wildman–Crippen LogP) is 1.64. The summed E-state index contributed by atoms with van der Waals surface area (Å²) in [7, 11) is -1.13. The Labute approximate surface area is 106 Å². The highest BCUT2D eigenvalue weighted by Crippen LogP contribution is 2.07. The molecule has 0 bridgehead atoms. The minimum Gasteiger partial charge on any atom is -0.314 e. The van der Waals surface area contributed by atoms with Gasteiger partial charge in [-0.05, 0) is 5.56 Å². The summed E-state index contributed by atoms with van der Waals surface area (Å²) in [6.45, 7) is 12.9. The quantitative estimate of drug-likeness (QED) is 0.818. The Morgan fingerprint density at radius 2 is 1.65 bits per heavy atom. The molecule has 1 aliphatic rings. The Kier molecular flexibility index (Phi) is 4.02. The Hall–Kier alpha value is -0.643. The first-order valence-corrected chi connectivity index (χ1v) is 10.1. The van der Waals surface area contributed by atoms with Gasteiger partial charge in [-0.15, -0.1) is 0 Å². The van der Waals surface area contributed by atoms with Crippen LogP contribution in [0.2, 0.25) is 19.6 Å². The fourth-order valence-electron chi connectivity index (χ4n) is 2.24. The van der Waals surface area contributed by atoms with E-state index >= 15 is 0 Å². The molecule has 0 aliphatic carbocycles. The molecule has 0 amide bonds. The highest BCUT2D eigenvalue weighted by Gasteiger charge is 2.16. The number of piperazine rings is 1. The topological polar surface area (TPSA) is 15.3 Å². The number of rotatable bonds is 3. The number of hydrogen-bond donors (Lipinski definition) is 1. The van der Waals surface area contributed by atoms with Crippen LogP contribution in [-0.4, -0.2) is 39.2 Å². The molecule has 0 aromatic heterocycles. The van der Waals surface area contributed by atoms with Crippen molar-refractivity contribution in [2.45, 2.75) is 26.2 Å². The molecule has 1 N–H and O–H groups in total. The molecule has 1 aromatic carbocycles. The zero-order valence-electron chi connectivity index (χ0n) is 11.3. The largest absolute Gasteiger partial charge is 0.314 e. The molecule has 0 unspecified atom stereocenters. The fraction of sp³-hybridized carbons (Fsp3) is 0.571. The third-order valence-corrected chi connectivity index (χ3v) is 5.50. The lowest BCUT2D eigenvalue weighted by Gasteiger charge is -2.27. The monoisotopic (exact) mass is 248 g/mol. The van der Waals surface area contributed by atoms with E-state index in [2.05, 4.69) is 54.1 Å². The van der Waals surface area contributed by atoms with E-state index in [-0.39, 0.29) is 0 Å². The van der Waals surface area contributed by atoms with E-state index in [1.165, 1.54) is 18.7 Å². The molecule has 1 aliphatic heterocycles. The summed E-state index contributed by atoms with van der Waals surface area (Å²) in [5, 5.41) is 4.95. The van der Waals surface area contributed by atoms with Gasteiger partial charge in [0.2, 0.25) is 0 Å². The van der Waals surface area contributed by atoms with Gasteiger partial charge in [0, 0.05) is 32.7 Å². The Balaban J connectivity index is 1.98. The maximum atomic E-state index is 3.39. The molecule has 0 saturated carbocycles. The van der Waals surface area contributed by atoms with Crippen LogP contribution in [-0.2, 0) is 6.54 Å². The molecule has 1 fully saturated rings. The summed E-state index contributed by atoms with van der Waals surface area (Å²) in [5.41, 5.74) is 1.45. The molecule has 0 atom stereocenters. The summed E-state index contributed by atoms with van der Waals surface area (Å²) in [4.78, 5) is 2.53. The van der Waals surface area contributed by atoms with E-state index in [1.54, 1.807) is 5.19 Å². The first-order chi connectivity index (χ1) is 8.05. The van der Waals surface area contributed by atoms with Crippen LogP contribution >= 0.6 is 0 Å². The first kappa shape index (κ1) is 12.8. The van der Waals surface area contributed by atoms with Crippen molar-refractivity contribution >= 4 is 13.3 Å². The van der Waals surface area contributed by atoms with Gasteiger partial charge in [0.1, 0.15) is 0 Å². The van der Waals surface area contributed by atoms with Crippen LogP contribution in [0.3, 0.4) is 0 Å². The van der Waals surface area contributed by atoms with Gasteiger partial charge in [0.05, 0.1) is 8.07 Å². The van der Waals surface area contributed by atoms with E-state index < -0.39 is 8.07 Å². The van der Waals surface area contributed by atoms with Gasteiger partial charge in [-0.1, -0.05) is 49.1 Å². The fourth-order valence-corrected chi connectivity index (χ4v) is 3.40. The summed E-state index contributed by atoms with van der Waals surface area (Å²) in [6, 6.07) is 9.30. The van der Waals surface area contributed by atoms with Crippen molar-refractivity contribution in [3.8, 4) is 0 Å². The molecule has 1 aromatic rings. The molecule has 1 heterocycles. The molecular formula is C14H24N2Si. The zero-order valence-corrected chi connectivity index (χ0v) is 12.3. The van der Waals surface area contributed by atoms with E-state index in [1.807, 2.05) is 0 Å². The predicted molar refractivity (Wildman–Crippen MR) is 77.6 cm³/mol. The SMILES string of the molecule is C[Si](C)(C)c1ccc(CN2CCNCC2)cc1. The molecule has 0 radical (unpaired) electrons.